The fourth-order valence-electron chi connectivity index (χ4n) is 3.56. The number of esters is 2. The van der Waals surface area contributed by atoms with Crippen LogP contribution in [0.2, 0.25) is 0 Å². The number of ether oxygens (including phenoxy) is 2. The van der Waals surface area contributed by atoms with E-state index in [4.69, 9.17) is 9.47 Å². The highest BCUT2D eigenvalue weighted by Gasteiger charge is 2.58. The van der Waals surface area contributed by atoms with Crippen molar-refractivity contribution in [2.24, 2.45) is 17.8 Å². The van der Waals surface area contributed by atoms with Gasteiger partial charge in [0.05, 0.1) is 6.61 Å². The van der Waals surface area contributed by atoms with Crippen molar-refractivity contribution in [2.75, 3.05) is 6.61 Å². The molecule has 0 N–H and O–H groups in total. The van der Waals surface area contributed by atoms with Crippen molar-refractivity contribution in [3.63, 3.8) is 0 Å². The smallest absolute Gasteiger partial charge is 0.321 e. The number of carbonyl (C=O) groups is 3. The summed E-state index contributed by atoms with van der Waals surface area (Å²) in [6, 6.07) is 7.06. The Labute approximate surface area is 156 Å². The second kappa shape index (κ2) is 7.68. The van der Waals surface area contributed by atoms with E-state index in [1.165, 1.54) is 0 Å². The van der Waals surface area contributed by atoms with Gasteiger partial charge in [0.25, 0.3) is 0 Å². The number of hydrogen-bond acceptors (Lipinski definition) is 5. The molecule has 0 aliphatic carbocycles. The first-order valence-corrected chi connectivity index (χ1v) is 9.21. The lowest BCUT2D eigenvalue weighted by Gasteiger charge is -2.32. The number of Topliss-reactive ketones (excluding diaryl/α,β-unsaturated/α-hetero) is 1. The molecule has 3 atom stereocenters. The van der Waals surface area contributed by atoms with E-state index in [0.29, 0.717) is 12.0 Å². The van der Waals surface area contributed by atoms with Crippen molar-refractivity contribution >= 4 is 33.7 Å². The Balaban J connectivity index is 2.40. The van der Waals surface area contributed by atoms with Crippen LogP contribution in [0.25, 0.3) is 0 Å². The Hall–Kier alpha value is -1.69. The molecule has 0 bridgehead atoms. The van der Waals surface area contributed by atoms with Crippen molar-refractivity contribution in [1.82, 2.24) is 0 Å². The third-order valence-corrected chi connectivity index (χ3v) is 5.19. The van der Waals surface area contributed by atoms with Gasteiger partial charge in [-0.3, -0.25) is 14.4 Å². The van der Waals surface area contributed by atoms with Crippen molar-refractivity contribution in [3.8, 4) is 0 Å². The lowest BCUT2D eigenvalue weighted by Crippen LogP contribution is -2.42. The van der Waals surface area contributed by atoms with Crippen LogP contribution in [0.3, 0.4) is 0 Å². The summed E-state index contributed by atoms with van der Waals surface area (Å²) in [5.74, 6) is -3.49. The lowest BCUT2D eigenvalue weighted by atomic mass is 9.70. The van der Waals surface area contributed by atoms with E-state index < -0.39 is 35.3 Å². The molecule has 1 aromatic rings. The highest BCUT2D eigenvalue weighted by Crippen LogP contribution is 2.44. The van der Waals surface area contributed by atoms with Crippen LogP contribution in [0.4, 0.5) is 0 Å². The highest BCUT2D eigenvalue weighted by atomic mass is 79.9. The Kier molecular flexibility index (Phi) is 6.03. The normalized spacial score (nSPS) is 23.0. The zero-order valence-corrected chi connectivity index (χ0v) is 16.5. The van der Waals surface area contributed by atoms with Gasteiger partial charge in [-0.1, -0.05) is 35.0 Å². The minimum absolute atomic E-state index is 0.0966. The Bertz CT molecular complexity index is 665. The summed E-state index contributed by atoms with van der Waals surface area (Å²) in [6.45, 7) is 7.22. The summed E-state index contributed by atoms with van der Waals surface area (Å²) in [5.41, 5.74) is -0.368. The molecule has 6 heteroatoms. The summed E-state index contributed by atoms with van der Waals surface area (Å²) in [7, 11) is 0. The van der Waals surface area contributed by atoms with Gasteiger partial charge in [-0.05, 0) is 39.3 Å². The van der Waals surface area contributed by atoms with Gasteiger partial charge < -0.3 is 9.47 Å². The van der Waals surface area contributed by atoms with E-state index in [9.17, 15) is 14.4 Å². The third-order valence-electron chi connectivity index (χ3n) is 4.66. The van der Waals surface area contributed by atoms with Gasteiger partial charge in [-0.2, -0.15) is 0 Å². The molecule has 1 heterocycles. The molecule has 0 unspecified atom stereocenters. The first-order valence-electron chi connectivity index (χ1n) is 8.42. The predicted octanol–water partition coefficient (Wildman–Crippen LogP) is 3.79. The highest BCUT2D eigenvalue weighted by molar-refractivity contribution is 9.10. The van der Waals surface area contributed by atoms with Crippen molar-refractivity contribution < 1.29 is 23.9 Å². The monoisotopic (exact) mass is 410 g/mol. The van der Waals surface area contributed by atoms with Gasteiger partial charge in [-0.25, -0.2) is 0 Å². The Morgan fingerprint density at radius 3 is 2.36 bits per heavy atom. The number of benzene rings is 1. The molecule has 0 aromatic heterocycles. The number of cyclic esters (lactones) is 1. The second-order valence-corrected chi connectivity index (χ2v) is 7.58. The molecular formula is C19H23BrO5. The number of halogens is 1. The van der Waals surface area contributed by atoms with Gasteiger partial charge in [0.2, 0.25) is 0 Å². The maximum Gasteiger partial charge on any atom is 0.321 e. The molecule has 5 nitrogen and oxygen atoms in total. The first kappa shape index (κ1) is 19.6. The van der Waals surface area contributed by atoms with Crippen LogP contribution in [0.1, 0.15) is 44.5 Å². The molecule has 136 valence electrons. The van der Waals surface area contributed by atoms with Crippen molar-refractivity contribution in [3.05, 3.63) is 34.3 Å². The summed E-state index contributed by atoms with van der Waals surface area (Å²) in [6.07, 6.45) is 0.496. The summed E-state index contributed by atoms with van der Waals surface area (Å²) < 4.78 is 11.4. The fourth-order valence-corrected chi connectivity index (χ4v) is 3.83. The molecule has 1 aliphatic rings. The van der Waals surface area contributed by atoms with Gasteiger partial charge in [-0.15, -0.1) is 0 Å². The van der Waals surface area contributed by atoms with E-state index in [1.54, 1.807) is 45.0 Å². The zero-order chi connectivity index (χ0) is 18.8. The van der Waals surface area contributed by atoms with Crippen LogP contribution in [-0.4, -0.2) is 29.9 Å². The SMILES string of the molecule is CCOC(=O)[C@H]1C(=O)OC(C)(C)[C@@H]1[C@H](CC)C(=O)c1ccc(Br)cc1. The topological polar surface area (TPSA) is 69.7 Å². The van der Waals surface area contributed by atoms with Gasteiger partial charge in [0.1, 0.15) is 5.60 Å². The van der Waals surface area contributed by atoms with Crippen LogP contribution in [0.5, 0.6) is 0 Å². The van der Waals surface area contributed by atoms with Crippen LogP contribution < -0.4 is 0 Å². The largest absolute Gasteiger partial charge is 0.465 e. The molecule has 1 fully saturated rings. The summed E-state index contributed by atoms with van der Waals surface area (Å²) in [4.78, 5) is 37.7. The minimum atomic E-state index is -1.07. The lowest BCUT2D eigenvalue weighted by molar-refractivity contribution is -0.157. The van der Waals surface area contributed by atoms with Gasteiger partial charge in [0.15, 0.2) is 11.7 Å². The first-order chi connectivity index (χ1) is 11.7. The molecule has 1 aromatic carbocycles. The molecular weight excluding hydrogens is 388 g/mol. The standard InChI is InChI=1S/C19H23BrO5/c1-5-13(16(21)11-7-9-12(20)10-8-11)15-14(17(22)24-6-2)18(23)25-19(15,3)4/h7-10,13-15H,5-6H2,1-4H3/t13-,14-,15+/m0/s1. The maximum atomic E-state index is 13.1. The predicted molar refractivity (Wildman–Crippen MR) is 96.0 cm³/mol. The van der Waals surface area contributed by atoms with Gasteiger partial charge in [0, 0.05) is 21.9 Å². The van der Waals surface area contributed by atoms with E-state index in [0.717, 1.165) is 4.47 Å². The van der Waals surface area contributed by atoms with E-state index >= 15 is 0 Å². The van der Waals surface area contributed by atoms with Gasteiger partial charge >= 0.3 is 11.9 Å². The molecule has 25 heavy (non-hydrogen) atoms. The van der Waals surface area contributed by atoms with Crippen LogP contribution in [0.15, 0.2) is 28.7 Å². The molecule has 0 radical (unpaired) electrons. The van der Waals surface area contributed by atoms with Crippen LogP contribution in [-0.2, 0) is 19.1 Å². The minimum Gasteiger partial charge on any atom is -0.465 e. The van der Waals surface area contributed by atoms with E-state index in [1.807, 2.05) is 6.92 Å². The number of carbonyl (C=O) groups excluding carboxylic acids is 3. The quantitative estimate of drug-likeness (QED) is 0.405. The number of hydrogen-bond donors (Lipinski definition) is 0. The molecule has 2 rings (SSSR count). The van der Waals surface area contributed by atoms with Crippen LogP contribution in [0, 0.1) is 17.8 Å². The Morgan fingerprint density at radius 2 is 1.84 bits per heavy atom. The molecule has 0 amide bonds. The molecule has 0 spiro atoms. The molecule has 0 saturated carbocycles. The fraction of sp³-hybridized carbons (Fsp3) is 0.526. The summed E-state index contributed by atoms with van der Waals surface area (Å²) >= 11 is 3.35. The summed E-state index contributed by atoms with van der Waals surface area (Å²) in [5, 5.41) is 0. The third kappa shape index (κ3) is 3.94. The van der Waals surface area contributed by atoms with Crippen molar-refractivity contribution in [1.29, 1.82) is 0 Å². The second-order valence-electron chi connectivity index (χ2n) is 6.67. The maximum absolute atomic E-state index is 13.1. The van der Waals surface area contributed by atoms with Crippen LogP contribution >= 0.6 is 15.9 Å². The average Bonchev–Trinajstić information content (AvgIpc) is 2.78. The average molecular weight is 411 g/mol. The Morgan fingerprint density at radius 1 is 1.24 bits per heavy atom. The van der Waals surface area contributed by atoms with E-state index in [2.05, 4.69) is 15.9 Å². The van der Waals surface area contributed by atoms with E-state index in [-0.39, 0.29) is 12.4 Å². The number of ketones is 1. The van der Waals surface area contributed by atoms with Crippen molar-refractivity contribution in [2.45, 2.75) is 39.7 Å². The molecule has 1 saturated heterocycles. The molecule has 1 aliphatic heterocycles. The number of rotatable bonds is 6. The zero-order valence-electron chi connectivity index (χ0n) is 14.9.